The van der Waals surface area contributed by atoms with E-state index in [4.69, 9.17) is 16.2 Å². The predicted octanol–water partition coefficient (Wildman–Crippen LogP) is 2.07. The molecule has 0 saturated carbocycles. The van der Waals surface area contributed by atoms with Crippen LogP contribution in [-0.4, -0.2) is 18.0 Å². The molecule has 2 aromatic rings. The molecule has 0 unspecified atom stereocenters. The molecular formula is C8H6ClNO3S. The van der Waals surface area contributed by atoms with E-state index in [9.17, 15) is 8.42 Å². The Morgan fingerprint density at radius 3 is 2.71 bits per heavy atom. The molecule has 74 valence electrons. The molecule has 14 heavy (non-hydrogen) atoms. The van der Waals surface area contributed by atoms with Crippen LogP contribution >= 0.6 is 11.6 Å². The molecule has 1 aromatic carbocycles. The van der Waals surface area contributed by atoms with Crippen molar-refractivity contribution in [3.8, 4) is 0 Å². The molecule has 0 aliphatic heterocycles. The first kappa shape index (κ1) is 9.51. The van der Waals surface area contributed by atoms with E-state index in [0.29, 0.717) is 15.9 Å². The lowest BCUT2D eigenvalue weighted by Gasteiger charge is -1.94. The van der Waals surface area contributed by atoms with Crippen molar-refractivity contribution in [3.05, 3.63) is 29.4 Å². The zero-order valence-electron chi connectivity index (χ0n) is 6.86. The van der Waals surface area contributed by atoms with Gasteiger partial charge in [-0.25, -0.2) is 0 Å². The summed E-state index contributed by atoms with van der Waals surface area (Å²) in [4.78, 5) is 2.53. The Morgan fingerprint density at radius 1 is 1.36 bits per heavy atom. The molecule has 1 aromatic heterocycles. The first-order valence-corrected chi connectivity index (χ1v) is 5.55. The Hall–Kier alpha value is -1.04. The Balaban J connectivity index is 2.90. The summed E-state index contributed by atoms with van der Waals surface area (Å²) in [6, 6.07) is 4.82. The number of aromatic amines is 1. The van der Waals surface area contributed by atoms with Gasteiger partial charge in [-0.1, -0.05) is 23.7 Å². The Labute approximate surface area is 85.3 Å². The molecule has 0 saturated heterocycles. The monoisotopic (exact) mass is 231 g/mol. The summed E-state index contributed by atoms with van der Waals surface area (Å²) in [6.07, 6.45) is 1.21. The molecule has 0 aliphatic rings. The van der Waals surface area contributed by atoms with E-state index in [2.05, 4.69) is 4.98 Å². The lowest BCUT2D eigenvalue weighted by Crippen LogP contribution is -1.95. The highest BCUT2D eigenvalue weighted by Crippen LogP contribution is 2.27. The zero-order chi connectivity index (χ0) is 10.3. The highest BCUT2D eigenvalue weighted by atomic mass is 35.5. The van der Waals surface area contributed by atoms with Crippen LogP contribution in [0.5, 0.6) is 0 Å². The van der Waals surface area contributed by atoms with E-state index < -0.39 is 10.1 Å². The molecule has 0 fully saturated rings. The van der Waals surface area contributed by atoms with Crippen LogP contribution in [0.2, 0.25) is 5.02 Å². The Kier molecular flexibility index (Phi) is 2.02. The Bertz CT molecular complexity index is 588. The highest BCUT2D eigenvalue weighted by Gasteiger charge is 2.16. The molecule has 0 amide bonds. The third kappa shape index (κ3) is 1.39. The zero-order valence-corrected chi connectivity index (χ0v) is 8.43. The second kappa shape index (κ2) is 2.98. The highest BCUT2D eigenvalue weighted by molar-refractivity contribution is 7.86. The minimum atomic E-state index is -4.19. The summed E-state index contributed by atoms with van der Waals surface area (Å²) < 4.78 is 30.7. The summed E-state index contributed by atoms with van der Waals surface area (Å²) in [6.45, 7) is 0. The van der Waals surface area contributed by atoms with Gasteiger partial charge in [0.15, 0.2) is 0 Å². The van der Waals surface area contributed by atoms with Gasteiger partial charge in [0.2, 0.25) is 0 Å². The number of rotatable bonds is 1. The van der Waals surface area contributed by atoms with Crippen molar-refractivity contribution in [1.29, 1.82) is 0 Å². The van der Waals surface area contributed by atoms with Crippen LogP contribution in [-0.2, 0) is 10.1 Å². The van der Waals surface area contributed by atoms with Gasteiger partial charge in [0, 0.05) is 11.6 Å². The average Bonchev–Trinajstić information content (AvgIpc) is 2.47. The summed E-state index contributed by atoms with van der Waals surface area (Å²) in [5, 5.41) is 0.803. The van der Waals surface area contributed by atoms with Gasteiger partial charge in [0.05, 0.1) is 10.5 Å². The molecule has 0 spiro atoms. The molecular weight excluding hydrogens is 226 g/mol. The van der Waals surface area contributed by atoms with E-state index in [0.717, 1.165) is 0 Å². The quantitative estimate of drug-likeness (QED) is 0.738. The fourth-order valence-electron chi connectivity index (χ4n) is 1.31. The summed E-state index contributed by atoms with van der Waals surface area (Å²) in [7, 11) is -4.19. The number of H-pyrrole nitrogens is 1. The summed E-state index contributed by atoms with van der Waals surface area (Å²) in [5.41, 5.74) is 0.502. The van der Waals surface area contributed by atoms with Crippen LogP contribution in [0.3, 0.4) is 0 Å². The van der Waals surface area contributed by atoms with Crippen molar-refractivity contribution in [2.24, 2.45) is 0 Å². The number of aromatic nitrogens is 1. The van der Waals surface area contributed by atoms with Crippen LogP contribution in [0.15, 0.2) is 29.3 Å². The first-order valence-electron chi connectivity index (χ1n) is 3.73. The molecule has 2 rings (SSSR count). The number of benzene rings is 1. The predicted molar refractivity (Wildman–Crippen MR) is 53.1 cm³/mol. The van der Waals surface area contributed by atoms with Crippen molar-refractivity contribution in [1.82, 2.24) is 4.98 Å². The average molecular weight is 232 g/mol. The van der Waals surface area contributed by atoms with E-state index in [-0.39, 0.29) is 4.90 Å². The standard InChI is InChI=1S/C8H6ClNO3S/c9-6-3-1-2-5-7(14(11,12)13)4-10-8(5)6/h1-4,10H,(H,11,12,13). The number of para-hydroxylation sites is 1. The molecule has 1 heterocycles. The molecule has 6 heteroatoms. The van der Waals surface area contributed by atoms with Gasteiger partial charge < -0.3 is 4.98 Å². The molecule has 0 atom stereocenters. The number of hydrogen-bond acceptors (Lipinski definition) is 2. The van der Waals surface area contributed by atoms with Crippen LogP contribution in [0.4, 0.5) is 0 Å². The lowest BCUT2D eigenvalue weighted by molar-refractivity contribution is 0.484. The van der Waals surface area contributed by atoms with Gasteiger partial charge in [0.1, 0.15) is 4.90 Å². The molecule has 0 bridgehead atoms. The van der Waals surface area contributed by atoms with Crippen molar-refractivity contribution in [2.75, 3.05) is 0 Å². The topological polar surface area (TPSA) is 70.2 Å². The number of hydrogen-bond donors (Lipinski definition) is 2. The maximum absolute atomic E-state index is 10.9. The smallest absolute Gasteiger partial charge is 0.296 e. The van der Waals surface area contributed by atoms with E-state index in [1.807, 2.05) is 0 Å². The van der Waals surface area contributed by atoms with Crippen molar-refractivity contribution in [3.63, 3.8) is 0 Å². The largest absolute Gasteiger partial charge is 0.359 e. The molecule has 4 nitrogen and oxygen atoms in total. The Morgan fingerprint density at radius 2 is 2.07 bits per heavy atom. The van der Waals surface area contributed by atoms with Crippen molar-refractivity contribution in [2.45, 2.75) is 4.90 Å². The normalized spacial score (nSPS) is 12.1. The minimum absolute atomic E-state index is 0.157. The summed E-state index contributed by atoms with van der Waals surface area (Å²) in [5.74, 6) is 0. The van der Waals surface area contributed by atoms with Crippen molar-refractivity contribution < 1.29 is 13.0 Å². The van der Waals surface area contributed by atoms with Gasteiger partial charge in [-0.15, -0.1) is 0 Å². The van der Waals surface area contributed by atoms with E-state index >= 15 is 0 Å². The maximum Gasteiger partial charge on any atom is 0.296 e. The van der Waals surface area contributed by atoms with Crippen LogP contribution in [0, 0.1) is 0 Å². The van der Waals surface area contributed by atoms with Crippen molar-refractivity contribution >= 4 is 32.6 Å². The van der Waals surface area contributed by atoms with Gasteiger partial charge in [-0.05, 0) is 6.07 Å². The van der Waals surface area contributed by atoms with Crippen LogP contribution < -0.4 is 0 Å². The van der Waals surface area contributed by atoms with Gasteiger partial charge in [-0.2, -0.15) is 8.42 Å². The number of fused-ring (bicyclic) bond motifs is 1. The van der Waals surface area contributed by atoms with Crippen LogP contribution in [0.25, 0.3) is 10.9 Å². The second-order valence-electron chi connectivity index (χ2n) is 2.79. The van der Waals surface area contributed by atoms with E-state index in [1.165, 1.54) is 6.20 Å². The minimum Gasteiger partial charge on any atom is -0.359 e. The van der Waals surface area contributed by atoms with Gasteiger partial charge in [0.25, 0.3) is 10.1 Å². The summed E-state index contributed by atoms with van der Waals surface area (Å²) >= 11 is 5.81. The van der Waals surface area contributed by atoms with Gasteiger partial charge >= 0.3 is 0 Å². The molecule has 0 radical (unpaired) electrons. The third-order valence-electron chi connectivity index (χ3n) is 1.90. The van der Waals surface area contributed by atoms with Gasteiger partial charge in [-0.3, -0.25) is 4.55 Å². The fourth-order valence-corrected chi connectivity index (χ4v) is 2.19. The fraction of sp³-hybridized carbons (Fsp3) is 0. The van der Waals surface area contributed by atoms with Crippen LogP contribution in [0.1, 0.15) is 0 Å². The number of nitrogens with one attached hydrogen (secondary N) is 1. The first-order chi connectivity index (χ1) is 6.50. The molecule has 2 N–H and O–H groups in total. The SMILES string of the molecule is O=S(=O)(O)c1c[nH]c2c(Cl)cccc12. The lowest BCUT2D eigenvalue weighted by atomic mass is 10.2. The van der Waals surface area contributed by atoms with E-state index in [1.54, 1.807) is 18.2 Å². The third-order valence-corrected chi connectivity index (χ3v) is 3.11. The second-order valence-corrected chi connectivity index (χ2v) is 4.59. The molecule has 0 aliphatic carbocycles. The number of halogens is 1. The maximum atomic E-state index is 10.9.